The third-order valence-electron chi connectivity index (χ3n) is 4.16. The highest BCUT2D eigenvalue weighted by Gasteiger charge is 2.35. The topological polar surface area (TPSA) is 29.5 Å². The number of fused-ring (bicyclic) bond motifs is 2. The fraction of sp³-hybridized carbons (Fsp3) is 0.467. The first kappa shape index (κ1) is 10.7. The molecule has 2 heteroatoms. The van der Waals surface area contributed by atoms with Crippen molar-refractivity contribution in [1.82, 2.24) is 0 Å². The first-order valence-corrected chi connectivity index (χ1v) is 6.30. The highest BCUT2D eigenvalue weighted by molar-refractivity contribution is 5.42. The molecule has 2 bridgehead atoms. The minimum atomic E-state index is 0.226. The van der Waals surface area contributed by atoms with Gasteiger partial charge < -0.3 is 9.84 Å². The van der Waals surface area contributed by atoms with Gasteiger partial charge in [-0.05, 0) is 54.7 Å². The molecule has 0 saturated heterocycles. The quantitative estimate of drug-likeness (QED) is 0.808. The molecule has 0 heterocycles. The molecule has 3 atom stereocenters. The van der Waals surface area contributed by atoms with Crippen LogP contribution in [0.3, 0.4) is 0 Å². The van der Waals surface area contributed by atoms with Crippen LogP contribution in [-0.4, -0.2) is 12.2 Å². The third kappa shape index (κ3) is 1.92. The third-order valence-corrected chi connectivity index (χ3v) is 4.16. The molecule has 2 aliphatic carbocycles. The van der Waals surface area contributed by atoms with Gasteiger partial charge in [-0.2, -0.15) is 0 Å². The lowest BCUT2D eigenvalue weighted by atomic mass is 9.87. The van der Waals surface area contributed by atoms with E-state index in [1.165, 1.54) is 18.4 Å². The van der Waals surface area contributed by atoms with Crippen molar-refractivity contribution in [2.75, 3.05) is 7.11 Å². The molecule has 0 spiro atoms. The molecule has 3 rings (SSSR count). The minimum absolute atomic E-state index is 0.226. The van der Waals surface area contributed by atoms with Crippen molar-refractivity contribution in [3.63, 3.8) is 0 Å². The predicted molar refractivity (Wildman–Crippen MR) is 67.2 cm³/mol. The van der Waals surface area contributed by atoms with Crippen LogP contribution in [0.5, 0.6) is 11.5 Å². The molecule has 1 aromatic rings. The highest BCUT2D eigenvalue weighted by atomic mass is 16.5. The Bertz CT molecular complexity index is 450. The van der Waals surface area contributed by atoms with Crippen molar-refractivity contribution in [3.8, 4) is 11.5 Å². The lowest BCUT2D eigenvalue weighted by Crippen LogP contribution is -2.10. The molecule has 0 amide bonds. The van der Waals surface area contributed by atoms with Crippen LogP contribution in [0.25, 0.3) is 0 Å². The van der Waals surface area contributed by atoms with E-state index in [1.807, 2.05) is 12.1 Å². The summed E-state index contributed by atoms with van der Waals surface area (Å²) in [7, 11) is 1.60. The number of ether oxygens (including phenoxy) is 1. The summed E-state index contributed by atoms with van der Waals surface area (Å²) < 4.78 is 5.15. The number of methoxy groups -OCH3 is 1. The molecule has 2 nitrogen and oxygen atoms in total. The number of hydrogen-bond donors (Lipinski definition) is 1. The molecule has 17 heavy (non-hydrogen) atoms. The van der Waals surface area contributed by atoms with Crippen molar-refractivity contribution in [1.29, 1.82) is 0 Å². The number of phenolic OH excluding ortho intramolecular Hbond substituents is 1. The normalized spacial score (nSPS) is 29.8. The van der Waals surface area contributed by atoms with Gasteiger partial charge in [-0.25, -0.2) is 0 Å². The maximum atomic E-state index is 9.56. The summed E-state index contributed by atoms with van der Waals surface area (Å²) in [5, 5.41) is 9.56. The fourth-order valence-electron chi connectivity index (χ4n) is 3.28. The second-order valence-corrected chi connectivity index (χ2v) is 5.25. The number of rotatable bonds is 3. The largest absolute Gasteiger partial charge is 0.504 e. The summed E-state index contributed by atoms with van der Waals surface area (Å²) in [6, 6.07) is 5.70. The zero-order valence-electron chi connectivity index (χ0n) is 10.1. The Balaban J connectivity index is 1.75. The zero-order chi connectivity index (χ0) is 11.8. The average molecular weight is 230 g/mol. The van der Waals surface area contributed by atoms with E-state index in [4.69, 9.17) is 4.74 Å². The van der Waals surface area contributed by atoms with Gasteiger partial charge in [0.1, 0.15) is 0 Å². The van der Waals surface area contributed by atoms with Crippen LogP contribution >= 0.6 is 0 Å². The maximum Gasteiger partial charge on any atom is 0.160 e. The van der Waals surface area contributed by atoms with Gasteiger partial charge in [-0.1, -0.05) is 18.2 Å². The summed E-state index contributed by atoms with van der Waals surface area (Å²) in [5.41, 5.74) is 1.27. The van der Waals surface area contributed by atoms with E-state index in [2.05, 4.69) is 12.2 Å². The van der Waals surface area contributed by atoms with Crippen LogP contribution < -0.4 is 4.74 Å². The lowest BCUT2D eigenvalue weighted by molar-refractivity contribution is 0.371. The van der Waals surface area contributed by atoms with Crippen LogP contribution in [0.15, 0.2) is 30.4 Å². The van der Waals surface area contributed by atoms with Crippen molar-refractivity contribution < 1.29 is 9.84 Å². The molecule has 1 N–H and O–H groups in total. The highest BCUT2D eigenvalue weighted by Crippen LogP contribution is 2.45. The van der Waals surface area contributed by atoms with Gasteiger partial charge in [-0.15, -0.1) is 0 Å². The van der Waals surface area contributed by atoms with Crippen LogP contribution in [0.1, 0.15) is 18.4 Å². The molecule has 0 radical (unpaired) electrons. The van der Waals surface area contributed by atoms with E-state index in [0.29, 0.717) is 5.75 Å². The fourth-order valence-corrected chi connectivity index (χ4v) is 3.28. The van der Waals surface area contributed by atoms with Gasteiger partial charge in [0.05, 0.1) is 7.11 Å². The molecule has 90 valence electrons. The van der Waals surface area contributed by atoms with E-state index < -0.39 is 0 Å². The summed E-state index contributed by atoms with van der Waals surface area (Å²) in [6.07, 6.45) is 8.53. The summed E-state index contributed by atoms with van der Waals surface area (Å²) in [4.78, 5) is 0. The van der Waals surface area contributed by atoms with Crippen LogP contribution in [0.2, 0.25) is 0 Å². The van der Waals surface area contributed by atoms with Gasteiger partial charge in [-0.3, -0.25) is 0 Å². The number of aromatic hydroxyl groups is 1. The summed E-state index contributed by atoms with van der Waals surface area (Å²) in [5.74, 6) is 3.19. The first-order chi connectivity index (χ1) is 8.26. The predicted octanol–water partition coefficient (Wildman–Crippen LogP) is 3.16. The van der Waals surface area contributed by atoms with Gasteiger partial charge in [0.25, 0.3) is 0 Å². The number of benzene rings is 1. The first-order valence-electron chi connectivity index (χ1n) is 6.30. The monoisotopic (exact) mass is 230 g/mol. The zero-order valence-corrected chi connectivity index (χ0v) is 10.1. The van der Waals surface area contributed by atoms with Crippen molar-refractivity contribution in [3.05, 3.63) is 35.9 Å². The summed E-state index contributed by atoms with van der Waals surface area (Å²) >= 11 is 0. The van der Waals surface area contributed by atoms with E-state index in [1.54, 1.807) is 13.2 Å². The standard InChI is InChI=1S/C15H18O2/c1-17-15-9-11(3-5-14(15)16)8-13-7-10-2-4-12(13)6-10/h2-5,9-10,12-13,16H,6-8H2,1H3/t10-,12?,13?/m1/s1. The minimum Gasteiger partial charge on any atom is -0.504 e. The van der Waals surface area contributed by atoms with E-state index in [9.17, 15) is 5.11 Å². The molecule has 2 unspecified atom stereocenters. The van der Waals surface area contributed by atoms with E-state index in [-0.39, 0.29) is 5.75 Å². The van der Waals surface area contributed by atoms with E-state index >= 15 is 0 Å². The van der Waals surface area contributed by atoms with Gasteiger partial charge in [0, 0.05) is 0 Å². The Morgan fingerprint density at radius 2 is 2.18 bits per heavy atom. The maximum absolute atomic E-state index is 9.56. The second-order valence-electron chi connectivity index (χ2n) is 5.25. The Hall–Kier alpha value is -1.44. The molecule has 2 aliphatic rings. The molecule has 1 aromatic carbocycles. The smallest absolute Gasteiger partial charge is 0.160 e. The number of hydrogen-bond acceptors (Lipinski definition) is 2. The second kappa shape index (κ2) is 4.10. The van der Waals surface area contributed by atoms with Crippen LogP contribution in [-0.2, 0) is 6.42 Å². The summed E-state index contributed by atoms with van der Waals surface area (Å²) in [6.45, 7) is 0. The van der Waals surface area contributed by atoms with Crippen molar-refractivity contribution in [2.45, 2.75) is 19.3 Å². The van der Waals surface area contributed by atoms with Crippen LogP contribution in [0.4, 0.5) is 0 Å². The Labute approximate surface area is 102 Å². The average Bonchev–Trinajstić information content (AvgIpc) is 2.93. The molecule has 1 fully saturated rings. The molecule has 0 aromatic heterocycles. The molecule has 1 saturated carbocycles. The Kier molecular flexibility index (Phi) is 2.58. The van der Waals surface area contributed by atoms with E-state index in [0.717, 1.165) is 24.2 Å². The molecular formula is C15H18O2. The molecular weight excluding hydrogens is 212 g/mol. The van der Waals surface area contributed by atoms with Gasteiger partial charge >= 0.3 is 0 Å². The number of allylic oxidation sites excluding steroid dienone is 2. The number of phenols is 1. The van der Waals surface area contributed by atoms with Crippen molar-refractivity contribution in [2.24, 2.45) is 17.8 Å². The molecule has 0 aliphatic heterocycles. The van der Waals surface area contributed by atoms with Gasteiger partial charge in [0.15, 0.2) is 11.5 Å². The SMILES string of the molecule is COc1cc(CC2C[C@@H]3C=CC2C3)ccc1O. The van der Waals surface area contributed by atoms with Crippen LogP contribution in [0, 0.1) is 17.8 Å². The van der Waals surface area contributed by atoms with Crippen molar-refractivity contribution >= 4 is 0 Å². The van der Waals surface area contributed by atoms with Gasteiger partial charge in [0.2, 0.25) is 0 Å². The lowest BCUT2D eigenvalue weighted by Gasteiger charge is -2.18. The Morgan fingerprint density at radius 3 is 2.82 bits per heavy atom. The Morgan fingerprint density at radius 1 is 1.29 bits per heavy atom.